The first-order chi connectivity index (χ1) is 9.88. The van der Waals surface area contributed by atoms with Crippen molar-refractivity contribution in [2.24, 2.45) is 5.73 Å². The van der Waals surface area contributed by atoms with Gasteiger partial charge >= 0.3 is 0 Å². The Kier molecular flexibility index (Phi) is 4.32. The van der Waals surface area contributed by atoms with E-state index in [4.69, 9.17) is 5.73 Å². The number of nitro groups is 1. The highest BCUT2D eigenvalue weighted by Gasteiger charge is 2.28. The van der Waals surface area contributed by atoms with Gasteiger partial charge < -0.3 is 10.6 Å². The second kappa shape index (κ2) is 6.00. The van der Waals surface area contributed by atoms with Gasteiger partial charge in [0.05, 0.1) is 17.5 Å². The van der Waals surface area contributed by atoms with Crippen LogP contribution >= 0.6 is 0 Å². The SMILES string of the molecule is NC(=O)CN1CCN(c2c(F)cc(F)cc2[N+](=O)[O-])CC1. The molecule has 0 bridgehead atoms. The Morgan fingerprint density at radius 3 is 2.43 bits per heavy atom. The predicted octanol–water partition coefficient (Wildman–Crippen LogP) is 0.480. The van der Waals surface area contributed by atoms with Crippen molar-refractivity contribution >= 4 is 17.3 Å². The molecule has 1 aromatic carbocycles. The van der Waals surface area contributed by atoms with Crippen LogP contribution in [-0.4, -0.2) is 48.5 Å². The molecule has 1 heterocycles. The number of amides is 1. The predicted molar refractivity (Wildman–Crippen MR) is 70.9 cm³/mol. The molecule has 0 radical (unpaired) electrons. The molecule has 0 aliphatic carbocycles. The quantitative estimate of drug-likeness (QED) is 0.645. The molecule has 2 N–H and O–H groups in total. The molecule has 0 spiro atoms. The third kappa shape index (κ3) is 3.43. The number of rotatable bonds is 4. The van der Waals surface area contributed by atoms with Crippen LogP contribution in [-0.2, 0) is 4.79 Å². The molecule has 2 rings (SSSR count). The van der Waals surface area contributed by atoms with E-state index in [2.05, 4.69) is 0 Å². The zero-order chi connectivity index (χ0) is 15.6. The van der Waals surface area contributed by atoms with Gasteiger partial charge in [-0.05, 0) is 0 Å². The lowest BCUT2D eigenvalue weighted by atomic mass is 10.2. The third-order valence-electron chi connectivity index (χ3n) is 3.27. The number of piperazine rings is 1. The molecule has 0 aromatic heterocycles. The highest BCUT2D eigenvalue weighted by molar-refractivity contribution is 5.76. The zero-order valence-electron chi connectivity index (χ0n) is 11.1. The van der Waals surface area contributed by atoms with Crippen LogP contribution < -0.4 is 10.6 Å². The van der Waals surface area contributed by atoms with Crippen LogP contribution in [0.15, 0.2) is 12.1 Å². The summed E-state index contributed by atoms with van der Waals surface area (Å²) in [5.74, 6) is -2.43. The number of primary amides is 1. The van der Waals surface area contributed by atoms with E-state index in [1.807, 2.05) is 0 Å². The van der Waals surface area contributed by atoms with Crippen LogP contribution in [0.1, 0.15) is 0 Å². The number of nitrogens with two attached hydrogens (primary N) is 1. The van der Waals surface area contributed by atoms with Gasteiger partial charge in [-0.2, -0.15) is 0 Å². The van der Waals surface area contributed by atoms with Crippen molar-refractivity contribution in [2.45, 2.75) is 0 Å². The van der Waals surface area contributed by atoms with Crippen molar-refractivity contribution < 1.29 is 18.5 Å². The Balaban J connectivity index is 2.20. The van der Waals surface area contributed by atoms with Crippen molar-refractivity contribution in [3.8, 4) is 0 Å². The summed E-state index contributed by atoms with van der Waals surface area (Å²) in [6.07, 6.45) is 0. The van der Waals surface area contributed by atoms with Crippen molar-refractivity contribution in [3.63, 3.8) is 0 Å². The number of hydrogen-bond donors (Lipinski definition) is 1. The first kappa shape index (κ1) is 15.1. The van der Waals surface area contributed by atoms with E-state index < -0.39 is 28.2 Å². The summed E-state index contributed by atoms with van der Waals surface area (Å²) in [7, 11) is 0. The average Bonchev–Trinajstić information content (AvgIpc) is 2.38. The standard InChI is InChI=1S/C12H14F2N4O3/c13-8-5-9(14)12(10(6-8)18(20)21)17-3-1-16(2-4-17)7-11(15)19/h5-6H,1-4,7H2,(H2,15,19). The molecular weight excluding hydrogens is 286 g/mol. The Hall–Kier alpha value is -2.29. The summed E-state index contributed by atoms with van der Waals surface area (Å²) in [6, 6.07) is 1.33. The Bertz CT molecular complexity index is 574. The normalized spacial score (nSPS) is 16.0. The summed E-state index contributed by atoms with van der Waals surface area (Å²) in [6.45, 7) is 1.49. The van der Waals surface area contributed by atoms with Gasteiger partial charge in [0.25, 0.3) is 5.69 Å². The third-order valence-corrected chi connectivity index (χ3v) is 3.27. The molecule has 21 heavy (non-hydrogen) atoms. The maximum atomic E-state index is 13.9. The first-order valence-electron chi connectivity index (χ1n) is 6.27. The molecule has 1 fully saturated rings. The van der Waals surface area contributed by atoms with E-state index in [1.165, 1.54) is 4.90 Å². The van der Waals surface area contributed by atoms with Gasteiger partial charge in [-0.25, -0.2) is 8.78 Å². The fourth-order valence-corrected chi connectivity index (χ4v) is 2.35. The summed E-state index contributed by atoms with van der Waals surface area (Å²) in [5, 5.41) is 11.0. The summed E-state index contributed by atoms with van der Waals surface area (Å²) in [5.41, 5.74) is 4.27. The van der Waals surface area contributed by atoms with Gasteiger partial charge in [-0.1, -0.05) is 0 Å². The number of carbonyl (C=O) groups excluding carboxylic acids is 1. The maximum Gasteiger partial charge on any atom is 0.298 e. The highest BCUT2D eigenvalue weighted by Crippen LogP contribution is 2.32. The van der Waals surface area contributed by atoms with E-state index in [0.717, 1.165) is 0 Å². The second-order valence-electron chi connectivity index (χ2n) is 4.74. The van der Waals surface area contributed by atoms with Gasteiger partial charge in [0.15, 0.2) is 11.5 Å². The molecule has 114 valence electrons. The van der Waals surface area contributed by atoms with E-state index in [1.54, 1.807) is 4.90 Å². The minimum atomic E-state index is -0.990. The number of hydrogen-bond acceptors (Lipinski definition) is 5. The minimum absolute atomic E-state index is 0.0852. The Labute approximate surface area is 119 Å². The molecule has 1 saturated heterocycles. The molecule has 9 heteroatoms. The zero-order valence-corrected chi connectivity index (χ0v) is 11.1. The summed E-state index contributed by atoms with van der Waals surface area (Å²) < 4.78 is 27.0. The fraction of sp³-hybridized carbons (Fsp3) is 0.417. The number of nitro benzene ring substituents is 1. The van der Waals surface area contributed by atoms with Gasteiger partial charge in [-0.15, -0.1) is 0 Å². The second-order valence-corrected chi connectivity index (χ2v) is 4.74. The minimum Gasteiger partial charge on any atom is -0.369 e. The molecule has 0 atom stereocenters. The van der Waals surface area contributed by atoms with Gasteiger partial charge in [0, 0.05) is 32.2 Å². The van der Waals surface area contributed by atoms with E-state index in [0.29, 0.717) is 25.2 Å². The average molecular weight is 300 g/mol. The lowest BCUT2D eigenvalue weighted by Crippen LogP contribution is -2.49. The first-order valence-corrected chi connectivity index (χ1v) is 6.27. The molecule has 1 aliphatic rings. The van der Waals surface area contributed by atoms with Crippen molar-refractivity contribution in [3.05, 3.63) is 33.9 Å². The van der Waals surface area contributed by atoms with Gasteiger partial charge in [0.1, 0.15) is 5.82 Å². The van der Waals surface area contributed by atoms with Crippen LogP contribution in [0, 0.1) is 21.7 Å². The van der Waals surface area contributed by atoms with Crippen molar-refractivity contribution in [2.75, 3.05) is 37.6 Å². The number of anilines is 1. The lowest BCUT2D eigenvalue weighted by molar-refractivity contribution is -0.384. The number of halogens is 2. The topological polar surface area (TPSA) is 92.7 Å². The lowest BCUT2D eigenvalue weighted by Gasteiger charge is -2.35. The largest absolute Gasteiger partial charge is 0.369 e. The summed E-state index contributed by atoms with van der Waals surface area (Å²) in [4.78, 5) is 24.2. The molecule has 1 amide bonds. The smallest absolute Gasteiger partial charge is 0.298 e. The number of nitrogens with zero attached hydrogens (tertiary/aromatic N) is 3. The van der Waals surface area contributed by atoms with Crippen LogP contribution in [0.4, 0.5) is 20.2 Å². The summed E-state index contributed by atoms with van der Waals surface area (Å²) >= 11 is 0. The van der Waals surface area contributed by atoms with Gasteiger partial charge in [-0.3, -0.25) is 19.8 Å². The van der Waals surface area contributed by atoms with Crippen molar-refractivity contribution in [1.29, 1.82) is 0 Å². The molecule has 1 aromatic rings. The Morgan fingerprint density at radius 2 is 1.90 bits per heavy atom. The number of benzene rings is 1. The molecule has 1 aliphatic heterocycles. The maximum absolute atomic E-state index is 13.9. The monoisotopic (exact) mass is 300 g/mol. The molecular formula is C12H14F2N4O3. The molecule has 0 saturated carbocycles. The van der Waals surface area contributed by atoms with Crippen molar-refractivity contribution in [1.82, 2.24) is 4.90 Å². The van der Waals surface area contributed by atoms with E-state index >= 15 is 0 Å². The van der Waals surface area contributed by atoms with E-state index in [9.17, 15) is 23.7 Å². The van der Waals surface area contributed by atoms with E-state index in [-0.39, 0.29) is 25.3 Å². The molecule has 0 unspecified atom stereocenters. The van der Waals surface area contributed by atoms with Crippen LogP contribution in [0.3, 0.4) is 0 Å². The van der Waals surface area contributed by atoms with Crippen LogP contribution in [0.25, 0.3) is 0 Å². The van der Waals surface area contributed by atoms with Gasteiger partial charge in [0.2, 0.25) is 5.91 Å². The Morgan fingerprint density at radius 1 is 1.29 bits per heavy atom. The van der Waals surface area contributed by atoms with Crippen LogP contribution in [0.5, 0.6) is 0 Å². The fourth-order valence-electron chi connectivity index (χ4n) is 2.35. The number of carbonyl (C=O) groups is 1. The highest BCUT2D eigenvalue weighted by atomic mass is 19.1. The molecule has 7 nitrogen and oxygen atoms in total. The van der Waals surface area contributed by atoms with Crippen LogP contribution in [0.2, 0.25) is 0 Å².